The van der Waals surface area contributed by atoms with Crippen LogP contribution in [0.5, 0.6) is 0 Å². The Morgan fingerprint density at radius 3 is 2.38 bits per heavy atom. The van der Waals surface area contributed by atoms with Gasteiger partial charge in [0.25, 0.3) is 5.91 Å². The Morgan fingerprint density at radius 2 is 1.72 bits per heavy atom. The number of aryl methyl sites for hydroxylation is 1. The topological polar surface area (TPSA) is 116 Å². The van der Waals surface area contributed by atoms with Gasteiger partial charge in [-0.3, -0.25) is 25.2 Å². The van der Waals surface area contributed by atoms with Crippen LogP contribution < -0.4 is 10.9 Å². The van der Waals surface area contributed by atoms with Crippen molar-refractivity contribution in [2.75, 3.05) is 20.1 Å². The number of amides is 3. The number of likely N-dealkylation sites (tertiary alicyclic amines) is 1. The van der Waals surface area contributed by atoms with Gasteiger partial charge in [-0.15, -0.1) is 0 Å². The molecule has 0 bridgehead atoms. The smallest absolute Gasteiger partial charge is 0.253 e. The molecule has 1 aliphatic heterocycles. The van der Waals surface area contributed by atoms with Gasteiger partial charge in [-0.05, 0) is 24.6 Å². The van der Waals surface area contributed by atoms with Crippen LogP contribution in [0.1, 0.15) is 17.5 Å². The quantitative estimate of drug-likeness (QED) is 0.596. The highest BCUT2D eigenvalue weighted by atomic mass is 32.2. The highest BCUT2D eigenvalue weighted by Crippen LogP contribution is 2.20. The predicted octanol–water partition coefficient (Wildman–Crippen LogP) is 0.812. The van der Waals surface area contributed by atoms with Crippen molar-refractivity contribution < 1.29 is 22.8 Å². The van der Waals surface area contributed by atoms with Crippen LogP contribution in [0, 0.1) is 12.8 Å². The second-order valence-electron chi connectivity index (χ2n) is 7.77. The van der Waals surface area contributed by atoms with Gasteiger partial charge in [0.2, 0.25) is 21.8 Å². The highest BCUT2D eigenvalue weighted by molar-refractivity contribution is 7.89. The number of nitrogens with zero attached hydrogens (tertiary/aromatic N) is 2. The molecule has 2 aromatic carbocycles. The van der Waals surface area contributed by atoms with Gasteiger partial charge >= 0.3 is 0 Å². The summed E-state index contributed by atoms with van der Waals surface area (Å²) in [6.07, 6.45) is 0.0518. The SMILES string of the molecule is Cc1ccc(S(=O)(=O)N(C)CC(=O)NNC(=O)C2CC(=O)N(Cc3ccccc3)C2)cc1. The van der Waals surface area contributed by atoms with Gasteiger partial charge in [0.15, 0.2) is 0 Å². The molecule has 3 rings (SSSR count). The summed E-state index contributed by atoms with van der Waals surface area (Å²) in [7, 11) is -2.56. The molecule has 1 atom stereocenters. The zero-order valence-corrected chi connectivity index (χ0v) is 18.8. The summed E-state index contributed by atoms with van der Waals surface area (Å²) in [6.45, 7) is 2.03. The number of rotatable bonds is 7. The third-order valence-corrected chi connectivity index (χ3v) is 7.04. The van der Waals surface area contributed by atoms with E-state index in [-0.39, 0.29) is 23.8 Å². The van der Waals surface area contributed by atoms with Gasteiger partial charge in [-0.2, -0.15) is 4.31 Å². The molecule has 1 fully saturated rings. The first kappa shape index (κ1) is 23.4. The maximum absolute atomic E-state index is 12.6. The lowest BCUT2D eigenvalue weighted by molar-refractivity contribution is -0.131. The zero-order chi connectivity index (χ0) is 23.3. The fraction of sp³-hybridized carbons (Fsp3) is 0.318. The van der Waals surface area contributed by atoms with Crippen molar-refractivity contribution in [2.45, 2.75) is 24.8 Å². The second-order valence-corrected chi connectivity index (χ2v) is 9.82. The van der Waals surface area contributed by atoms with Crippen LogP contribution in [0.25, 0.3) is 0 Å². The summed E-state index contributed by atoms with van der Waals surface area (Å²) in [4.78, 5) is 38.5. The van der Waals surface area contributed by atoms with Crippen LogP contribution >= 0.6 is 0 Å². The minimum absolute atomic E-state index is 0.0518. The standard InChI is InChI=1S/C22H26N4O5S/c1-16-8-10-19(11-9-16)32(30,31)25(2)15-20(27)23-24-22(29)18-12-21(28)26(14-18)13-17-6-4-3-5-7-17/h3-11,18H,12-15H2,1-2H3,(H,23,27)(H,24,29). The highest BCUT2D eigenvalue weighted by Gasteiger charge is 2.34. The Kier molecular flexibility index (Phi) is 7.26. The van der Waals surface area contributed by atoms with E-state index < -0.39 is 34.3 Å². The van der Waals surface area contributed by atoms with Gasteiger partial charge in [-0.25, -0.2) is 8.42 Å². The van der Waals surface area contributed by atoms with E-state index in [1.165, 1.54) is 19.2 Å². The van der Waals surface area contributed by atoms with E-state index in [2.05, 4.69) is 10.9 Å². The van der Waals surface area contributed by atoms with E-state index in [0.29, 0.717) is 6.54 Å². The molecule has 0 saturated carbocycles. The molecule has 2 aromatic rings. The molecule has 3 amide bonds. The second kappa shape index (κ2) is 9.92. The van der Waals surface area contributed by atoms with E-state index in [1.54, 1.807) is 17.0 Å². The van der Waals surface area contributed by atoms with E-state index in [1.807, 2.05) is 37.3 Å². The van der Waals surface area contributed by atoms with E-state index in [0.717, 1.165) is 15.4 Å². The largest absolute Gasteiger partial charge is 0.338 e. The lowest BCUT2D eigenvalue weighted by Crippen LogP contribution is -2.48. The molecule has 1 aliphatic rings. The Labute approximate surface area is 187 Å². The normalized spacial score (nSPS) is 16.3. The van der Waals surface area contributed by atoms with Crippen LogP contribution in [-0.4, -0.2) is 55.5 Å². The Bertz CT molecular complexity index is 1090. The first-order valence-electron chi connectivity index (χ1n) is 10.1. The molecule has 0 aliphatic carbocycles. The summed E-state index contributed by atoms with van der Waals surface area (Å²) in [5.74, 6) is -1.92. The summed E-state index contributed by atoms with van der Waals surface area (Å²) in [6, 6.07) is 15.7. The van der Waals surface area contributed by atoms with Crippen molar-refractivity contribution in [3.05, 3.63) is 65.7 Å². The number of carbonyl (C=O) groups excluding carboxylic acids is 3. The van der Waals surface area contributed by atoms with Crippen molar-refractivity contribution >= 4 is 27.7 Å². The number of benzene rings is 2. The number of likely N-dealkylation sites (N-methyl/N-ethyl adjacent to an activating group) is 1. The summed E-state index contributed by atoms with van der Waals surface area (Å²) < 4.78 is 26.0. The first-order chi connectivity index (χ1) is 15.2. The number of carbonyl (C=O) groups is 3. The van der Waals surface area contributed by atoms with Crippen molar-refractivity contribution in [1.29, 1.82) is 0 Å². The van der Waals surface area contributed by atoms with Gasteiger partial charge in [0.05, 0.1) is 17.4 Å². The zero-order valence-electron chi connectivity index (χ0n) is 17.9. The Hall–Kier alpha value is -3.24. The van der Waals surface area contributed by atoms with E-state index in [9.17, 15) is 22.8 Å². The van der Waals surface area contributed by atoms with Crippen LogP contribution in [0.2, 0.25) is 0 Å². The maximum Gasteiger partial charge on any atom is 0.253 e. The Balaban J connectivity index is 1.48. The van der Waals surface area contributed by atoms with Crippen LogP contribution in [0.3, 0.4) is 0 Å². The van der Waals surface area contributed by atoms with Crippen LogP contribution in [0.15, 0.2) is 59.5 Å². The lowest BCUT2D eigenvalue weighted by atomic mass is 10.1. The average molecular weight is 459 g/mol. The molecular formula is C22H26N4O5S. The van der Waals surface area contributed by atoms with Crippen LogP contribution in [-0.2, 0) is 31.0 Å². The van der Waals surface area contributed by atoms with Gasteiger partial charge < -0.3 is 4.90 Å². The number of hydrogen-bond acceptors (Lipinski definition) is 5. The molecule has 1 saturated heterocycles. The molecule has 1 unspecified atom stereocenters. The molecule has 1 heterocycles. The molecule has 9 nitrogen and oxygen atoms in total. The summed E-state index contributed by atoms with van der Waals surface area (Å²) >= 11 is 0. The lowest BCUT2D eigenvalue weighted by Gasteiger charge is -2.18. The van der Waals surface area contributed by atoms with E-state index >= 15 is 0 Å². The first-order valence-corrected chi connectivity index (χ1v) is 11.5. The predicted molar refractivity (Wildman–Crippen MR) is 117 cm³/mol. The van der Waals surface area contributed by atoms with Gasteiger partial charge in [0.1, 0.15) is 0 Å². The summed E-state index contributed by atoms with van der Waals surface area (Å²) in [5.41, 5.74) is 6.40. The third kappa shape index (κ3) is 5.71. The minimum atomic E-state index is -3.84. The fourth-order valence-electron chi connectivity index (χ4n) is 3.35. The van der Waals surface area contributed by atoms with Crippen molar-refractivity contribution in [3.8, 4) is 0 Å². The molecule has 10 heteroatoms. The summed E-state index contributed by atoms with van der Waals surface area (Å²) in [5, 5.41) is 0. The van der Waals surface area contributed by atoms with Crippen molar-refractivity contribution in [1.82, 2.24) is 20.1 Å². The van der Waals surface area contributed by atoms with Crippen LogP contribution in [0.4, 0.5) is 0 Å². The number of hydrazine groups is 1. The fourth-order valence-corrected chi connectivity index (χ4v) is 4.48. The minimum Gasteiger partial charge on any atom is -0.338 e. The third-order valence-electron chi connectivity index (χ3n) is 5.22. The van der Waals surface area contributed by atoms with Gasteiger partial charge in [-0.1, -0.05) is 48.0 Å². The molecule has 2 N–H and O–H groups in total. The number of hydrogen-bond donors (Lipinski definition) is 2. The van der Waals surface area contributed by atoms with Crippen molar-refractivity contribution in [2.24, 2.45) is 5.92 Å². The average Bonchev–Trinajstić information content (AvgIpc) is 3.13. The molecule has 32 heavy (non-hydrogen) atoms. The molecule has 0 radical (unpaired) electrons. The molecular weight excluding hydrogens is 432 g/mol. The maximum atomic E-state index is 12.6. The Morgan fingerprint density at radius 1 is 1.06 bits per heavy atom. The van der Waals surface area contributed by atoms with Gasteiger partial charge in [0, 0.05) is 26.6 Å². The number of sulfonamides is 1. The monoisotopic (exact) mass is 458 g/mol. The molecule has 0 spiro atoms. The van der Waals surface area contributed by atoms with E-state index in [4.69, 9.17) is 0 Å². The number of nitrogens with one attached hydrogen (secondary N) is 2. The molecule has 0 aromatic heterocycles. The molecule has 170 valence electrons. The van der Waals surface area contributed by atoms with Crippen molar-refractivity contribution in [3.63, 3.8) is 0 Å².